The Morgan fingerprint density at radius 3 is 2.55 bits per heavy atom. The molecule has 0 radical (unpaired) electrons. The highest BCUT2D eigenvalue weighted by atomic mass is 19.4. The first-order valence-electron chi connectivity index (χ1n) is 5.56. The number of hydrogen-bond acceptors (Lipinski definition) is 4. The lowest BCUT2D eigenvalue weighted by Gasteiger charge is -2.35. The molecule has 112 valence electrons. The second-order valence-electron chi connectivity index (χ2n) is 4.56. The molecular formula is C10H9F5N3O2-. The Hall–Kier alpha value is -1.87. The molecule has 1 aliphatic rings. The first-order chi connectivity index (χ1) is 9.04. The number of carboxylic acid groups (broad SMARTS) is 1. The molecule has 0 saturated carbocycles. The molecule has 1 aromatic rings. The van der Waals surface area contributed by atoms with Crippen molar-refractivity contribution in [3.8, 4) is 0 Å². The number of hydrogen-bond donors (Lipinski definition) is 1. The molecule has 5 nitrogen and oxygen atoms in total. The van der Waals surface area contributed by atoms with Crippen molar-refractivity contribution < 1.29 is 31.9 Å². The highest BCUT2D eigenvalue weighted by molar-refractivity contribution is 5.84. The maximum atomic E-state index is 13.5. The monoisotopic (exact) mass is 298 g/mol. The number of nitrogens with zero attached hydrogens (tertiary/aromatic N) is 2. The molecule has 1 aromatic heterocycles. The van der Waals surface area contributed by atoms with Crippen LogP contribution < -0.4 is 10.4 Å². The minimum Gasteiger partial charge on any atom is -0.543 e. The Labute approximate surface area is 109 Å². The molecule has 0 unspecified atom stereocenters. The third kappa shape index (κ3) is 2.18. The van der Waals surface area contributed by atoms with E-state index < -0.39 is 42.3 Å². The fourth-order valence-corrected chi connectivity index (χ4v) is 2.08. The molecule has 0 aliphatic carbocycles. The summed E-state index contributed by atoms with van der Waals surface area (Å²) in [6, 6.07) is -2.13. The number of halogens is 5. The molecule has 0 bridgehead atoms. The molecule has 10 heteroatoms. The molecular weight excluding hydrogens is 289 g/mol. The van der Waals surface area contributed by atoms with Gasteiger partial charge in [-0.2, -0.15) is 27.1 Å². The Morgan fingerprint density at radius 2 is 2.05 bits per heavy atom. The molecule has 0 fully saturated rings. The van der Waals surface area contributed by atoms with E-state index in [1.165, 1.54) is 6.92 Å². The summed E-state index contributed by atoms with van der Waals surface area (Å²) in [4.78, 5) is 10.6. The third-order valence-corrected chi connectivity index (χ3v) is 3.01. The largest absolute Gasteiger partial charge is 0.543 e. The summed E-state index contributed by atoms with van der Waals surface area (Å²) in [5.74, 6) is -6.99. The smallest absolute Gasteiger partial charge is 0.455 e. The van der Waals surface area contributed by atoms with Crippen LogP contribution in [0.5, 0.6) is 0 Å². The standard InChI is InChI=1S/C10H10F5N3O2/c1-4-2-6(9(11,12)10(13,14)15)18-7(16-4)3-5(17-18)8(19)20/h3-4,6,16H,2H2,1H3,(H,19,20)/p-1/t4-,6-/m1/s1. The van der Waals surface area contributed by atoms with Crippen LogP contribution in [0.4, 0.5) is 27.8 Å². The van der Waals surface area contributed by atoms with Gasteiger partial charge in [0, 0.05) is 12.1 Å². The van der Waals surface area contributed by atoms with Crippen LogP contribution in [-0.2, 0) is 0 Å². The van der Waals surface area contributed by atoms with Crippen LogP contribution in [0.3, 0.4) is 0 Å². The molecule has 0 spiro atoms. The molecule has 1 aliphatic heterocycles. The van der Waals surface area contributed by atoms with Gasteiger partial charge in [0.15, 0.2) is 0 Å². The van der Waals surface area contributed by atoms with Crippen LogP contribution >= 0.6 is 0 Å². The van der Waals surface area contributed by atoms with Gasteiger partial charge in [0.05, 0.1) is 5.97 Å². The second-order valence-corrected chi connectivity index (χ2v) is 4.56. The van der Waals surface area contributed by atoms with Crippen molar-refractivity contribution in [3.63, 3.8) is 0 Å². The number of fused-ring (bicyclic) bond motifs is 1. The molecule has 20 heavy (non-hydrogen) atoms. The first kappa shape index (κ1) is 14.5. The van der Waals surface area contributed by atoms with E-state index in [9.17, 15) is 31.9 Å². The molecule has 0 saturated heterocycles. The van der Waals surface area contributed by atoms with Crippen molar-refractivity contribution in [1.82, 2.24) is 9.78 Å². The molecule has 0 amide bonds. The lowest BCUT2D eigenvalue weighted by Crippen LogP contribution is -2.48. The number of alkyl halides is 5. The van der Waals surface area contributed by atoms with Crippen molar-refractivity contribution in [3.05, 3.63) is 11.8 Å². The minimum absolute atomic E-state index is 0.211. The maximum absolute atomic E-state index is 13.5. The molecule has 2 heterocycles. The molecule has 2 rings (SSSR count). The fraction of sp³-hybridized carbons (Fsp3) is 0.600. The summed E-state index contributed by atoms with van der Waals surface area (Å²) in [5, 5.41) is 16.5. The van der Waals surface area contributed by atoms with Gasteiger partial charge in [-0.15, -0.1) is 0 Å². The third-order valence-electron chi connectivity index (χ3n) is 3.01. The summed E-state index contributed by atoms with van der Waals surface area (Å²) in [6.45, 7) is 1.41. The Morgan fingerprint density at radius 1 is 1.45 bits per heavy atom. The maximum Gasteiger partial charge on any atom is 0.455 e. The number of carbonyl (C=O) groups excluding carboxylic acids is 1. The summed E-state index contributed by atoms with van der Waals surface area (Å²) in [6.07, 6.45) is -6.30. The Balaban J connectivity index is 2.50. The van der Waals surface area contributed by atoms with Crippen LogP contribution in [0.1, 0.15) is 29.9 Å². The van der Waals surface area contributed by atoms with E-state index in [-0.39, 0.29) is 5.82 Å². The van der Waals surface area contributed by atoms with Crippen LogP contribution in [0, 0.1) is 0 Å². The van der Waals surface area contributed by atoms with Gasteiger partial charge >= 0.3 is 12.1 Å². The zero-order chi connectivity index (χ0) is 15.3. The van der Waals surface area contributed by atoms with E-state index in [1.807, 2.05) is 0 Å². The molecule has 2 atom stereocenters. The number of aromatic carboxylic acids is 1. The number of rotatable bonds is 2. The van der Waals surface area contributed by atoms with Crippen molar-refractivity contribution >= 4 is 11.8 Å². The normalized spacial score (nSPS) is 23.1. The summed E-state index contributed by atoms with van der Waals surface area (Å²) in [5.41, 5.74) is -0.704. The summed E-state index contributed by atoms with van der Waals surface area (Å²) >= 11 is 0. The summed E-state index contributed by atoms with van der Waals surface area (Å²) < 4.78 is 64.8. The zero-order valence-corrected chi connectivity index (χ0v) is 10.0. The second kappa shape index (κ2) is 4.32. The highest BCUT2D eigenvalue weighted by Gasteiger charge is 2.64. The lowest BCUT2D eigenvalue weighted by molar-refractivity contribution is -0.301. The zero-order valence-electron chi connectivity index (χ0n) is 10.0. The van der Waals surface area contributed by atoms with Gasteiger partial charge in [-0.1, -0.05) is 0 Å². The Kier molecular flexibility index (Phi) is 3.14. The van der Waals surface area contributed by atoms with Crippen molar-refractivity contribution in [2.24, 2.45) is 0 Å². The Bertz CT molecular complexity index is 539. The summed E-state index contributed by atoms with van der Waals surface area (Å²) in [7, 11) is 0. The van der Waals surface area contributed by atoms with Crippen molar-refractivity contribution in [2.45, 2.75) is 37.5 Å². The number of anilines is 1. The predicted octanol–water partition coefficient (Wildman–Crippen LogP) is 1.19. The highest BCUT2D eigenvalue weighted by Crippen LogP contribution is 2.47. The van der Waals surface area contributed by atoms with E-state index in [0.29, 0.717) is 4.68 Å². The molecule has 1 N–H and O–H groups in total. The van der Waals surface area contributed by atoms with E-state index in [2.05, 4.69) is 10.4 Å². The van der Waals surface area contributed by atoms with E-state index >= 15 is 0 Å². The molecule has 0 aromatic carbocycles. The lowest BCUT2D eigenvalue weighted by atomic mass is 9.99. The van der Waals surface area contributed by atoms with Crippen LogP contribution in [0.25, 0.3) is 0 Å². The van der Waals surface area contributed by atoms with E-state index in [4.69, 9.17) is 0 Å². The average Bonchev–Trinajstić information content (AvgIpc) is 2.69. The number of aromatic nitrogens is 2. The van der Waals surface area contributed by atoms with Gasteiger partial charge < -0.3 is 15.2 Å². The topological polar surface area (TPSA) is 70.0 Å². The quantitative estimate of drug-likeness (QED) is 0.833. The van der Waals surface area contributed by atoms with Gasteiger partial charge in [-0.25, -0.2) is 4.68 Å². The fourth-order valence-electron chi connectivity index (χ4n) is 2.08. The van der Waals surface area contributed by atoms with Crippen molar-refractivity contribution in [1.29, 1.82) is 0 Å². The van der Waals surface area contributed by atoms with Crippen LogP contribution in [0.15, 0.2) is 6.07 Å². The van der Waals surface area contributed by atoms with Gasteiger partial charge in [0.1, 0.15) is 17.6 Å². The van der Waals surface area contributed by atoms with E-state index in [1.54, 1.807) is 0 Å². The van der Waals surface area contributed by atoms with Crippen LogP contribution in [-0.4, -0.2) is 33.9 Å². The minimum atomic E-state index is -5.75. The number of carboxylic acids is 1. The van der Waals surface area contributed by atoms with E-state index in [0.717, 1.165) is 6.07 Å². The van der Waals surface area contributed by atoms with Gasteiger partial charge in [0.25, 0.3) is 0 Å². The number of nitrogens with one attached hydrogen (secondary N) is 1. The van der Waals surface area contributed by atoms with Crippen LogP contribution in [0.2, 0.25) is 0 Å². The SMILES string of the molecule is C[C@@H]1C[C@H](C(F)(F)C(F)(F)F)n2nc(C(=O)[O-])cc2N1. The first-order valence-corrected chi connectivity index (χ1v) is 5.56. The average molecular weight is 298 g/mol. The van der Waals surface area contributed by atoms with Crippen molar-refractivity contribution in [2.75, 3.05) is 5.32 Å². The number of carbonyl (C=O) groups is 1. The van der Waals surface area contributed by atoms with Gasteiger partial charge in [-0.3, -0.25) is 0 Å². The van der Waals surface area contributed by atoms with Gasteiger partial charge in [-0.05, 0) is 13.3 Å². The predicted molar refractivity (Wildman–Crippen MR) is 54.3 cm³/mol. The van der Waals surface area contributed by atoms with Gasteiger partial charge in [0.2, 0.25) is 0 Å².